The van der Waals surface area contributed by atoms with Crippen molar-refractivity contribution >= 4 is 46.2 Å². The molecule has 0 N–H and O–H groups in total. The zero-order chi connectivity index (χ0) is 40.8. The fraction of sp³-hybridized carbons (Fsp3) is 0.143. The third-order valence-electron chi connectivity index (χ3n) is 9.69. The minimum atomic E-state index is -2.13. The maximum Gasteiger partial charge on any atom is 0.120 e. The normalized spacial score (nSPS) is 13.0. The van der Waals surface area contributed by atoms with Crippen molar-refractivity contribution in [2.24, 2.45) is 0 Å². The third kappa shape index (κ3) is 7.51. The van der Waals surface area contributed by atoms with Gasteiger partial charge in [0, 0.05) is 48.4 Å². The van der Waals surface area contributed by atoms with Crippen molar-refractivity contribution < 1.29 is 30.0 Å². The summed E-state index contributed by atoms with van der Waals surface area (Å²) in [5, 5.41) is 3.35. The van der Waals surface area contributed by atoms with Gasteiger partial charge in [0.2, 0.25) is 0 Å². The molecule has 0 aliphatic carbocycles. The van der Waals surface area contributed by atoms with Gasteiger partial charge in [0.05, 0.1) is 30.5 Å². The summed E-state index contributed by atoms with van der Waals surface area (Å²) in [6.45, 7) is 8.38. The van der Waals surface area contributed by atoms with Crippen LogP contribution in [0.3, 0.4) is 0 Å². The van der Waals surface area contributed by atoms with Crippen molar-refractivity contribution in [2.75, 3.05) is 0 Å². The molecule has 55 heavy (non-hydrogen) atoms. The Hall–Kier alpha value is -5.39. The number of aryl methyl sites for hydroxylation is 1. The average molecular weight is 914 g/mol. The van der Waals surface area contributed by atoms with E-state index in [2.05, 4.69) is 120 Å². The molecule has 0 unspecified atom stereocenters. The van der Waals surface area contributed by atoms with Gasteiger partial charge in [-0.15, -0.1) is 53.6 Å². The second-order valence-corrected chi connectivity index (χ2v) is 19.7. The standard InChI is InChI=1S/C31H19N2O.C18H24NSi.Ir/c1-2-11-21(12-3-1)22-13-4-7-18-27(22)33-28-19-8-6-17-26(28)32-31(33)25-16-10-15-24-23-14-5-9-20-29(23)34-30(24)25;1-13(2)16-11-17(15-9-7-14(3)8-10-15)19-12-18(16)20(4,5)6;/h1-15,17-20H;7-9,11-13H,1-6H3;/q2*-1;/i;3D3,13D;. The summed E-state index contributed by atoms with van der Waals surface area (Å²) in [5.74, 6) is 0.0978. The number of para-hydroxylation sites is 4. The van der Waals surface area contributed by atoms with Crippen LogP contribution in [0, 0.1) is 19.0 Å². The van der Waals surface area contributed by atoms with E-state index in [0.717, 1.165) is 78.0 Å². The van der Waals surface area contributed by atoms with Gasteiger partial charge in [-0.2, -0.15) is 0 Å². The molecular formula is C49H43IrN3OSi-2. The van der Waals surface area contributed by atoms with E-state index in [4.69, 9.17) is 14.9 Å². The summed E-state index contributed by atoms with van der Waals surface area (Å²) in [6, 6.07) is 52.6. The number of fused-ring (bicyclic) bond motifs is 4. The molecule has 9 aromatic rings. The van der Waals surface area contributed by atoms with Crippen LogP contribution in [-0.2, 0) is 20.1 Å². The van der Waals surface area contributed by atoms with Crippen molar-refractivity contribution in [3.8, 4) is 39.5 Å². The monoisotopic (exact) mass is 914 g/mol. The molecule has 0 fully saturated rings. The first-order valence-electron chi connectivity index (χ1n) is 20.2. The van der Waals surface area contributed by atoms with Crippen LogP contribution in [0.4, 0.5) is 0 Å². The average Bonchev–Trinajstić information content (AvgIpc) is 3.79. The number of hydrogen-bond donors (Lipinski definition) is 0. The zero-order valence-corrected chi connectivity index (χ0v) is 34.8. The van der Waals surface area contributed by atoms with Gasteiger partial charge in [0.15, 0.2) is 0 Å². The molecule has 4 nitrogen and oxygen atoms in total. The van der Waals surface area contributed by atoms with Crippen molar-refractivity contribution in [1.29, 1.82) is 0 Å². The molecule has 0 saturated carbocycles. The fourth-order valence-corrected chi connectivity index (χ4v) is 8.60. The van der Waals surface area contributed by atoms with E-state index in [1.807, 2.05) is 62.5 Å². The predicted octanol–water partition coefficient (Wildman–Crippen LogP) is 12.6. The number of imidazole rings is 1. The van der Waals surface area contributed by atoms with Crippen LogP contribution in [0.5, 0.6) is 0 Å². The Kier molecular flexibility index (Phi) is 9.45. The van der Waals surface area contributed by atoms with Gasteiger partial charge in [-0.3, -0.25) is 4.98 Å². The first-order chi connectivity index (χ1) is 27.7. The second kappa shape index (κ2) is 15.8. The quantitative estimate of drug-likeness (QED) is 0.123. The molecular weight excluding hydrogens is 867 g/mol. The molecule has 0 bridgehead atoms. The summed E-state index contributed by atoms with van der Waals surface area (Å²) in [6.07, 6.45) is 1.89. The molecule has 6 aromatic carbocycles. The van der Waals surface area contributed by atoms with E-state index in [9.17, 15) is 0 Å². The maximum atomic E-state index is 8.48. The van der Waals surface area contributed by atoms with Gasteiger partial charge in [-0.25, -0.2) is 0 Å². The maximum absolute atomic E-state index is 8.48. The number of furan rings is 1. The minimum absolute atomic E-state index is 0. The zero-order valence-electron chi connectivity index (χ0n) is 35.4. The van der Waals surface area contributed by atoms with Gasteiger partial charge in [0.1, 0.15) is 5.58 Å². The molecule has 0 amide bonds. The molecule has 0 saturated heterocycles. The molecule has 0 atom stereocenters. The van der Waals surface area contributed by atoms with Gasteiger partial charge >= 0.3 is 0 Å². The van der Waals surface area contributed by atoms with Gasteiger partial charge in [-0.1, -0.05) is 142 Å². The molecule has 3 heterocycles. The molecule has 275 valence electrons. The van der Waals surface area contributed by atoms with Gasteiger partial charge < -0.3 is 14.0 Å². The van der Waals surface area contributed by atoms with Gasteiger partial charge in [0.25, 0.3) is 0 Å². The van der Waals surface area contributed by atoms with E-state index in [-0.39, 0.29) is 25.7 Å². The van der Waals surface area contributed by atoms with Crippen molar-refractivity contribution in [2.45, 2.75) is 46.2 Å². The Labute approximate surface area is 343 Å². The molecule has 0 aliphatic rings. The Balaban J connectivity index is 0.000000188. The molecule has 1 radical (unpaired) electrons. The minimum Gasteiger partial charge on any atom is -0.501 e. The number of hydrogen-bond acceptors (Lipinski definition) is 3. The number of aromatic nitrogens is 3. The van der Waals surface area contributed by atoms with Crippen LogP contribution >= 0.6 is 0 Å². The van der Waals surface area contributed by atoms with Crippen molar-refractivity contribution in [3.63, 3.8) is 0 Å². The second-order valence-electron chi connectivity index (χ2n) is 14.7. The number of benzene rings is 6. The molecule has 9 rings (SSSR count). The van der Waals surface area contributed by atoms with Crippen LogP contribution in [-0.4, -0.2) is 22.6 Å². The van der Waals surface area contributed by atoms with Gasteiger partial charge in [-0.05, 0) is 46.6 Å². The number of pyridine rings is 1. The Morgan fingerprint density at radius 1 is 0.800 bits per heavy atom. The first-order valence-corrected chi connectivity index (χ1v) is 21.7. The van der Waals surface area contributed by atoms with E-state index in [1.54, 1.807) is 12.1 Å². The largest absolute Gasteiger partial charge is 0.501 e. The fourth-order valence-electron chi connectivity index (χ4n) is 7.02. The van der Waals surface area contributed by atoms with Crippen molar-refractivity contribution in [1.82, 2.24) is 14.5 Å². The number of rotatable bonds is 6. The Bertz CT molecular complexity index is 2910. The van der Waals surface area contributed by atoms with E-state index in [0.29, 0.717) is 0 Å². The SMILES string of the molecule is [2H]C([2H])([2H])c1c[c-]c(-c2cc(C([2H])(C)C)c([Si](C)(C)C)cn2)cc1.[Ir].[c-]1ccc2c(oc3ccccc32)c1-c1nc2ccccc2n1-c1ccccc1-c1ccccc1. The smallest absolute Gasteiger partial charge is 0.120 e. The van der Waals surface area contributed by atoms with E-state index >= 15 is 0 Å². The summed E-state index contributed by atoms with van der Waals surface area (Å²) < 4.78 is 39.4. The van der Waals surface area contributed by atoms with Crippen LogP contribution in [0.2, 0.25) is 19.6 Å². The van der Waals surface area contributed by atoms with Crippen molar-refractivity contribution in [3.05, 3.63) is 169 Å². The third-order valence-corrected chi connectivity index (χ3v) is 11.7. The molecule has 0 spiro atoms. The van der Waals surface area contributed by atoms with E-state index in [1.165, 1.54) is 11.3 Å². The summed E-state index contributed by atoms with van der Waals surface area (Å²) in [7, 11) is -1.61. The van der Waals surface area contributed by atoms with Crippen LogP contribution in [0.15, 0.2) is 150 Å². The number of nitrogens with zero attached hydrogens (tertiary/aromatic N) is 3. The van der Waals surface area contributed by atoms with Crippen LogP contribution in [0.25, 0.3) is 72.4 Å². The molecule has 6 heteroatoms. The van der Waals surface area contributed by atoms with E-state index < -0.39 is 20.8 Å². The Morgan fingerprint density at radius 3 is 2.31 bits per heavy atom. The Morgan fingerprint density at radius 2 is 1.55 bits per heavy atom. The van der Waals surface area contributed by atoms with Crippen LogP contribution in [0.1, 0.15) is 36.4 Å². The predicted molar refractivity (Wildman–Crippen MR) is 228 cm³/mol. The summed E-state index contributed by atoms with van der Waals surface area (Å²) >= 11 is 0. The first kappa shape index (κ1) is 33.0. The molecule has 3 aromatic heterocycles. The topological polar surface area (TPSA) is 43.9 Å². The summed E-state index contributed by atoms with van der Waals surface area (Å²) in [4.78, 5) is 9.65. The summed E-state index contributed by atoms with van der Waals surface area (Å²) in [5.41, 5.74) is 10.6. The molecule has 0 aliphatic heterocycles. The van der Waals surface area contributed by atoms with Crippen LogP contribution < -0.4 is 5.19 Å².